The second kappa shape index (κ2) is 8.23. The van der Waals surface area contributed by atoms with Crippen molar-refractivity contribution in [3.8, 4) is 11.4 Å². The number of ether oxygens (including phenoxy) is 1. The number of nitrogens with zero attached hydrogens (tertiary/aromatic N) is 5. The van der Waals surface area contributed by atoms with Crippen molar-refractivity contribution >= 4 is 11.6 Å². The van der Waals surface area contributed by atoms with Gasteiger partial charge in [-0.05, 0) is 36.8 Å². The predicted octanol–water partition coefficient (Wildman–Crippen LogP) is 3.35. The molecule has 1 aliphatic rings. The fourth-order valence-corrected chi connectivity index (χ4v) is 3.37. The van der Waals surface area contributed by atoms with E-state index in [1.165, 1.54) is 0 Å². The van der Waals surface area contributed by atoms with Crippen molar-refractivity contribution in [1.29, 1.82) is 0 Å². The zero-order valence-electron chi connectivity index (χ0n) is 16.7. The smallest absolute Gasteiger partial charge is 0.388 e. The Labute approximate surface area is 176 Å². The molecule has 3 aromatic rings. The van der Waals surface area contributed by atoms with Gasteiger partial charge in [0.15, 0.2) is 0 Å². The van der Waals surface area contributed by atoms with E-state index in [0.29, 0.717) is 43.3 Å². The SMILES string of the molecule is Cc1cc(Nc2cc(C(F)(F)F)ccn2)nc(-c2cn(CC3(O)CCOCC3)nn2)c1. The summed E-state index contributed by atoms with van der Waals surface area (Å²) >= 11 is 0. The Balaban J connectivity index is 1.54. The monoisotopic (exact) mass is 434 g/mol. The molecule has 2 N–H and O–H groups in total. The van der Waals surface area contributed by atoms with E-state index in [0.717, 1.165) is 23.9 Å². The maximum atomic E-state index is 12.9. The van der Waals surface area contributed by atoms with Crippen LogP contribution < -0.4 is 5.32 Å². The summed E-state index contributed by atoms with van der Waals surface area (Å²) in [4.78, 5) is 8.37. The average Bonchev–Trinajstić information content (AvgIpc) is 3.15. The molecule has 0 bridgehead atoms. The van der Waals surface area contributed by atoms with Crippen LogP contribution in [0, 0.1) is 6.92 Å². The van der Waals surface area contributed by atoms with Crippen molar-refractivity contribution in [3.05, 3.63) is 47.8 Å². The number of nitrogens with one attached hydrogen (secondary N) is 1. The highest BCUT2D eigenvalue weighted by Crippen LogP contribution is 2.31. The summed E-state index contributed by atoms with van der Waals surface area (Å²) in [6.07, 6.45) is -0.653. The van der Waals surface area contributed by atoms with Gasteiger partial charge >= 0.3 is 6.18 Å². The highest BCUT2D eigenvalue weighted by Gasteiger charge is 2.31. The Bertz CT molecular complexity index is 1060. The van der Waals surface area contributed by atoms with Gasteiger partial charge in [0.05, 0.1) is 29.6 Å². The lowest BCUT2D eigenvalue weighted by Crippen LogP contribution is -2.40. The molecular weight excluding hydrogens is 413 g/mol. The Morgan fingerprint density at radius 2 is 1.94 bits per heavy atom. The molecule has 8 nitrogen and oxygen atoms in total. The predicted molar refractivity (Wildman–Crippen MR) is 106 cm³/mol. The van der Waals surface area contributed by atoms with Crippen LogP contribution in [0.4, 0.5) is 24.8 Å². The first-order valence-electron chi connectivity index (χ1n) is 9.70. The van der Waals surface area contributed by atoms with Crippen LogP contribution in [0.1, 0.15) is 24.0 Å². The van der Waals surface area contributed by atoms with Gasteiger partial charge in [-0.3, -0.25) is 0 Å². The van der Waals surface area contributed by atoms with E-state index in [2.05, 4.69) is 25.6 Å². The second-order valence-corrected chi connectivity index (χ2v) is 7.61. The van der Waals surface area contributed by atoms with Gasteiger partial charge in [0.1, 0.15) is 17.3 Å². The van der Waals surface area contributed by atoms with Gasteiger partial charge in [-0.2, -0.15) is 13.2 Å². The first-order chi connectivity index (χ1) is 14.7. The van der Waals surface area contributed by atoms with Gasteiger partial charge in [0, 0.05) is 32.3 Å². The van der Waals surface area contributed by atoms with E-state index in [1.807, 2.05) is 6.92 Å². The normalized spacial score (nSPS) is 16.3. The summed E-state index contributed by atoms with van der Waals surface area (Å²) in [5, 5.41) is 21.7. The molecule has 11 heteroatoms. The number of hydrogen-bond donors (Lipinski definition) is 2. The van der Waals surface area contributed by atoms with Crippen molar-refractivity contribution < 1.29 is 23.0 Å². The molecule has 0 atom stereocenters. The molecule has 1 fully saturated rings. The number of pyridine rings is 2. The van der Waals surface area contributed by atoms with Crippen LogP contribution in [0.15, 0.2) is 36.7 Å². The van der Waals surface area contributed by atoms with Crippen molar-refractivity contribution in [2.45, 2.75) is 38.1 Å². The quantitative estimate of drug-likeness (QED) is 0.636. The molecule has 4 heterocycles. The van der Waals surface area contributed by atoms with E-state index < -0.39 is 17.3 Å². The molecule has 3 aromatic heterocycles. The standard InChI is InChI=1S/C20H21F3N6O2/c1-13-8-15(16-11-29(28-27-16)12-19(30)3-6-31-7-4-19)25-18(9-13)26-17-10-14(2-5-24-17)20(21,22)23/h2,5,8-11,30H,3-4,6-7,12H2,1H3,(H,24,25,26). The number of halogens is 3. The molecule has 0 aliphatic carbocycles. The number of anilines is 2. The molecule has 0 radical (unpaired) electrons. The summed E-state index contributed by atoms with van der Waals surface area (Å²) in [6, 6.07) is 5.32. The minimum atomic E-state index is -4.46. The number of rotatable bonds is 5. The van der Waals surface area contributed by atoms with Gasteiger partial charge in [-0.1, -0.05) is 5.21 Å². The van der Waals surface area contributed by atoms with Gasteiger partial charge in [0.2, 0.25) is 0 Å². The number of aryl methyl sites for hydroxylation is 1. The number of hydrogen-bond acceptors (Lipinski definition) is 7. The third-order valence-corrected chi connectivity index (χ3v) is 4.99. The minimum Gasteiger partial charge on any atom is -0.388 e. The van der Waals surface area contributed by atoms with Gasteiger partial charge in [-0.15, -0.1) is 5.10 Å². The fourth-order valence-electron chi connectivity index (χ4n) is 3.37. The third kappa shape index (κ3) is 5.17. The maximum absolute atomic E-state index is 12.9. The Hall–Kier alpha value is -3.05. The topological polar surface area (TPSA) is 98.0 Å². The molecule has 164 valence electrons. The largest absolute Gasteiger partial charge is 0.416 e. The lowest BCUT2D eigenvalue weighted by atomic mass is 9.94. The van der Waals surface area contributed by atoms with Crippen LogP contribution in [0.2, 0.25) is 0 Å². The average molecular weight is 434 g/mol. The lowest BCUT2D eigenvalue weighted by molar-refractivity contribution is -0.137. The van der Waals surface area contributed by atoms with Gasteiger partial charge < -0.3 is 15.2 Å². The number of alkyl halides is 3. The molecular formula is C20H21F3N6O2. The molecule has 0 aromatic carbocycles. The Morgan fingerprint density at radius 3 is 2.68 bits per heavy atom. The molecule has 4 rings (SSSR count). The second-order valence-electron chi connectivity index (χ2n) is 7.61. The minimum absolute atomic E-state index is 0.0317. The zero-order valence-corrected chi connectivity index (χ0v) is 16.7. The van der Waals surface area contributed by atoms with E-state index in [9.17, 15) is 18.3 Å². The summed E-state index contributed by atoms with van der Waals surface area (Å²) in [5.41, 5.74) is 0.119. The maximum Gasteiger partial charge on any atom is 0.416 e. The molecule has 0 amide bonds. The van der Waals surface area contributed by atoms with Crippen LogP contribution in [0.5, 0.6) is 0 Å². The van der Waals surface area contributed by atoms with E-state index >= 15 is 0 Å². The summed E-state index contributed by atoms with van der Waals surface area (Å²) < 4.78 is 45.7. The van der Waals surface area contributed by atoms with Crippen molar-refractivity contribution in [1.82, 2.24) is 25.0 Å². The van der Waals surface area contributed by atoms with Crippen molar-refractivity contribution in [2.24, 2.45) is 0 Å². The molecule has 0 spiro atoms. The number of aromatic nitrogens is 5. The zero-order chi connectivity index (χ0) is 22.1. The summed E-state index contributed by atoms with van der Waals surface area (Å²) in [7, 11) is 0. The molecule has 1 aliphatic heterocycles. The van der Waals surface area contributed by atoms with Gasteiger partial charge in [0.25, 0.3) is 0 Å². The number of aliphatic hydroxyl groups is 1. The molecule has 0 unspecified atom stereocenters. The van der Waals surface area contributed by atoms with Gasteiger partial charge in [-0.25, -0.2) is 14.6 Å². The summed E-state index contributed by atoms with van der Waals surface area (Å²) in [5.74, 6) is 0.365. The molecule has 0 saturated carbocycles. The summed E-state index contributed by atoms with van der Waals surface area (Å²) in [6.45, 7) is 3.12. The highest BCUT2D eigenvalue weighted by molar-refractivity contribution is 5.61. The lowest BCUT2D eigenvalue weighted by Gasteiger charge is -2.31. The van der Waals surface area contributed by atoms with E-state index in [-0.39, 0.29) is 12.4 Å². The van der Waals surface area contributed by atoms with Crippen LogP contribution >= 0.6 is 0 Å². The Kier molecular flexibility index (Phi) is 5.63. The van der Waals surface area contributed by atoms with Crippen LogP contribution in [-0.4, -0.2) is 48.9 Å². The third-order valence-electron chi connectivity index (χ3n) is 4.99. The highest BCUT2D eigenvalue weighted by atomic mass is 19.4. The fraction of sp³-hybridized carbons (Fsp3) is 0.400. The van der Waals surface area contributed by atoms with Crippen molar-refractivity contribution in [2.75, 3.05) is 18.5 Å². The van der Waals surface area contributed by atoms with Crippen molar-refractivity contribution in [3.63, 3.8) is 0 Å². The van der Waals surface area contributed by atoms with Crippen LogP contribution in [0.25, 0.3) is 11.4 Å². The van der Waals surface area contributed by atoms with E-state index in [4.69, 9.17) is 4.74 Å². The molecule has 1 saturated heterocycles. The van der Waals surface area contributed by atoms with Crippen LogP contribution in [0.3, 0.4) is 0 Å². The van der Waals surface area contributed by atoms with Crippen LogP contribution in [-0.2, 0) is 17.5 Å². The molecule has 31 heavy (non-hydrogen) atoms. The van der Waals surface area contributed by atoms with E-state index in [1.54, 1.807) is 23.0 Å². The first kappa shape index (κ1) is 21.2. The Morgan fingerprint density at radius 1 is 1.16 bits per heavy atom. The first-order valence-corrected chi connectivity index (χ1v) is 9.70.